The van der Waals surface area contributed by atoms with Crippen molar-refractivity contribution in [2.45, 2.75) is 31.6 Å². The van der Waals surface area contributed by atoms with E-state index < -0.39 is 0 Å². The van der Waals surface area contributed by atoms with E-state index in [9.17, 15) is 0 Å². The Morgan fingerprint density at radius 2 is 1.31 bits per heavy atom. The predicted octanol–water partition coefficient (Wildman–Crippen LogP) is 12.5. The van der Waals surface area contributed by atoms with E-state index in [1.807, 2.05) is 18.2 Å². The average Bonchev–Trinajstić information content (AvgIpc) is 3.68. The Kier molecular flexibility index (Phi) is 6.13. The van der Waals surface area contributed by atoms with Gasteiger partial charge in [0.15, 0.2) is 5.82 Å². The first-order valence-electron chi connectivity index (χ1n) is 18.2. The Balaban J connectivity index is 1.05. The molecule has 0 radical (unpaired) electrons. The van der Waals surface area contributed by atoms with Crippen molar-refractivity contribution < 1.29 is 4.42 Å². The number of hydrogen-bond acceptors (Lipinski definition) is 3. The molecule has 2 aromatic heterocycles. The third kappa shape index (κ3) is 4.20. The van der Waals surface area contributed by atoms with Crippen molar-refractivity contribution in [1.29, 1.82) is 0 Å². The highest BCUT2D eigenvalue weighted by molar-refractivity contribution is 6.09. The number of nitrogens with zero attached hydrogens (tertiary/aromatic N) is 2. The maximum atomic E-state index is 6.69. The lowest BCUT2D eigenvalue weighted by atomic mass is 9.73. The van der Waals surface area contributed by atoms with Crippen LogP contribution < -0.4 is 0 Å². The van der Waals surface area contributed by atoms with Gasteiger partial charge in [-0.3, -0.25) is 0 Å². The minimum Gasteiger partial charge on any atom is -0.455 e. The molecule has 0 aliphatic heterocycles. The molecule has 0 saturated carbocycles. The van der Waals surface area contributed by atoms with E-state index in [1.54, 1.807) is 0 Å². The summed E-state index contributed by atoms with van der Waals surface area (Å²) in [6.07, 6.45) is 0.950. The lowest BCUT2D eigenvalue weighted by Crippen LogP contribution is -2.17. The van der Waals surface area contributed by atoms with Gasteiger partial charge in [0.1, 0.15) is 11.2 Å². The number of hydrogen-bond donors (Lipinski definition) is 0. The second-order valence-corrected chi connectivity index (χ2v) is 14.9. The monoisotopic (exact) mass is 666 g/mol. The largest absolute Gasteiger partial charge is 0.455 e. The van der Waals surface area contributed by atoms with Crippen molar-refractivity contribution >= 4 is 32.8 Å². The van der Waals surface area contributed by atoms with Crippen LogP contribution in [-0.4, -0.2) is 9.97 Å². The summed E-state index contributed by atoms with van der Waals surface area (Å²) in [5.74, 6) is 0.890. The van der Waals surface area contributed by atoms with Crippen LogP contribution >= 0.6 is 0 Å². The van der Waals surface area contributed by atoms with E-state index in [0.29, 0.717) is 5.82 Å². The van der Waals surface area contributed by atoms with Gasteiger partial charge in [-0.25, -0.2) is 9.97 Å². The highest BCUT2D eigenvalue weighted by Gasteiger charge is 2.37. The van der Waals surface area contributed by atoms with Crippen LogP contribution in [0.3, 0.4) is 0 Å². The van der Waals surface area contributed by atoms with Gasteiger partial charge in [0, 0.05) is 33.1 Å². The Morgan fingerprint density at radius 3 is 2.21 bits per heavy atom. The smallest absolute Gasteiger partial charge is 0.164 e. The molecule has 0 bridgehead atoms. The van der Waals surface area contributed by atoms with Crippen molar-refractivity contribution in [3.63, 3.8) is 0 Å². The second kappa shape index (κ2) is 10.8. The van der Waals surface area contributed by atoms with Crippen molar-refractivity contribution in [3.05, 3.63) is 179 Å². The first-order valence-corrected chi connectivity index (χ1v) is 18.2. The molecule has 1 atom stereocenters. The van der Waals surface area contributed by atoms with Gasteiger partial charge in [0.25, 0.3) is 0 Å². The summed E-state index contributed by atoms with van der Waals surface area (Å²) in [4.78, 5) is 10.2. The van der Waals surface area contributed by atoms with Gasteiger partial charge in [-0.2, -0.15) is 0 Å². The number of fused-ring (bicyclic) bond motifs is 10. The standard InChI is InChI=1S/C49H34N2O/c1-49(2)42-21-10-8-17-34(42)40-28-39-31(27-43(40)49)26-38(32-15-6-7-16-33(32)39)30-23-24-45-41(25-30)35-19-12-20-37(47(35)52-45)48-50-44-22-11-9-18-36(44)46(51-48)29-13-4-3-5-14-29/h3-25,27-28,38H,26H2,1-2H3. The van der Waals surface area contributed by atoms with Gasteiger partial charge in [0.2, 0.25) is 0 Å². The van der Waals surface area contributed by atoms with Gasteiger partial charge in [-0.05, 0) is 86.8 Å². The predicted molar refractivity (Wildman–Crippen MR) is 213 cm³/mol. The van der Waals surface area contributed by atoms with E-state index in [4.69, 9.17) is 14.4 Å². The van der Waals surface area contributed by atoms with Crippen LogP contribution in [0.15, 0.2) is 156 Å². The molecule has 246 valence electrons. The van der Waals surface area contributed by atoms with Crippen LogP contribution in [0.4, 0.5) is 0 Å². The van der Waals surface area contributed by atoms with E-state index in [1.165, 1.54) is 50.1 Å². The number of rotatable bonds is 3. The second-order valence-electron chi connectivity index (χ2n) is 14.9. The molecule has 0 saturated heterocycles. The summed E-state index contributed by atoms with van der Waals surface area (Å²) in [7, 11) is 0. The number of furan rings is 1. The van der Waals surface area contributed by atoms with Gasteiger partial charge in [-0.1, -0.05) is 135 Å². The topological polar surface area (TPSA) is 38.9 Å². The first kappa shape index (κ1) is 29.4. The molecule has 9 aromatic rings. The number of aromatic nitrogens is 2. The Labute approximate surface area is 302 Å². The van der Waals surface area contributed by atoms with E-state index in [2.05, 4.69) is 147 Å². The molecule has 0 N–H and O–H groups in total. The molecule has 2 aliphatic rings. The van der Waals surface area contributed by atoms with Crippen molar-refractivity contribution in [1.82, 2.24) is 9.97 Å². The molecule has 11 rings (SSSR count). The fourth-order valence-electron chi connectivity index (χ4n) is 9.11. The van der Waals surface area contributed by atoms with Crippen molar-refractivity contribution in [2.75, 3.05) is 0 Å². The molecule has 3 nitrogen and oxygen atoms in total. The zero-order valence-corrected chi connectivity index (χ0v) is 29.0. The molecular formula is C49H34N2O. The Hall–Kier alpha value is -6.32. The normalized spacial score (nSPS) is 15.4. The Morgan fingerprint density at radius 1 is 0.558 bits per heavy atom. The molecule has 0 spiro atoms. The van der Waals surface area contributed by atoms with Crippen LogP contribution in [0.1, 0.15) is 47.6 Å². The fraction of sp³-hybridized carbons (Fsp3) is 0.102. The zero-order valence-electron chi connectivity index (χ0n) is 29.0. The van der Waals surface area contributed by atoms with Gasteiger partial charge >= 0.3 is 0 Å². The molecule has 7 aromatic carbocycles. The third-order valence-corrected chi connectivity index (χ3v) is 11.7. The quantitative estimate of drug-likeness (QED) is 0.188. The van der Waals surface area contributed by atoms with Crippen LogP contribution in [-0.2, 0) is 11.8 Å². The summed E-state index contributed by atoms with van der Waals surface area (Å²) in [5.41, 5.74) is 17.8. The van der Waals surface area contributed by atoms with E-state index in [-0.39, 0.29) is 11.3 Å². The van der Waals surface area contributed by atoms with Crippen LogP contribution in [0.2, 0.25) is 0 Å². The number of benzene rings is 7. The lowest BCUT2D eigenvalue weighted by molar-refractivity contribution is 0.657. The minimum atomic E-state index is -0.0314. The summed E-state index contributed by atoms with van der Waals surface area (Å²) in [6, 6.07) is 54.7. The SMILES string of the molecule is CC1(C)c2ccccc2-c2cc3c(cc21)CC(c1ccc2oc4c(-c5nc(-c6ccccc6)c6ccccc6n5)cccc4c2c1)c1ccccc1-3. The molecule has 2 heterocycles. The fourth-order valence-corrected chi connectivity index (χ4v) is 9.11. The highest BCUT2D eigenvalue weighted by Crippen LogP contribution is 2.53. The lowest BCUT2D eigenvalue weighted by Gasteiger charge is -2.30. The molecule has 0 fully saturated rings. The molecule has 2 aliphatic carbocycles. The first-order chi connectivity index (χ1) is 25.5. The molecule has 1 unspecified atom stereocenters. The summed E-state index contributed by atoms with van der Waals surface area (Å²) in [6.45, 7) is 4.74. The van der Waals surface area contributed by atoms with Crippen molar-refractivity contribution in [2.24, 2.45) is 0 Å². The average molecular weight is 667 g/mol. The minimum absolute atomic E-state index is 0.0314. The van der Waals surface area contributed by atoms with Gasteiger partial charge in [0.05, 0.1) is 16.8 Å². The van der Waals surface area contributed by atoms with E-state index in [0.717, 1.165) is 56.1 Å². The van der Waals surface area contributed by atoms with Crippen LogP contribution in [0.5, 0.6) is 0 Å². The van der Waals surface area contributed by atoms with Crippen LogP contribution in [0, 0.1) is 0 Å². The maximum Gasteiger partial charge on any atom is 0.164 e. The summed E-state index contributed by atoms with van der Waals surface area (Å²) >= 11 is 0. The van der Waals surface area contributed by atoms with E-state index >= 15 is 0 Å². The number of para-hydroxylation sites is 2. The third-order valence-electron chi connectivity index (χ3n) is 11.7. The highest BCUT2D eigenvalue weighted by atomic mass is 16.3. The maximum absolute atomic E-state index is 6.69. The summed E-state index contributed by atoms with van der Waals surface area (Å²) in [5, 5.41) is 3.23. The zero-order chi connectivity index (χ0) is 34.6. The summed E-state index contributed by atoms with van der Waals surface area (Å²) < 4.78 is 6.69. The van der Waals surface area contributed by atoms with Crippen molar-refractivity contribution in [3.8, 4) is 44.9 Å². The van der Waals surface area contributed by atoms with Gasteiger partial charge in [-0.15, -0.1) is 0 Å². The molecular weight excluding hydrogens is 633 g/mol. The van der Waals surface area contributed by atoms with Gasteiger partial charge < -0.3 is 4.42 Å². The molecule has 0 amide bonds. The van der Waals surface area contributed by atoms with Crippen LogP contribution in [0.25, 0.3) is 77.7 Å². The molecule has 52 heavy (non-hydrogen) atoms. The Bertz CT molecular complexity index is 2920. The molecule has 3 heteroatoms.